The smallest absolute Gasteiger partial charge is 0.186 e. The van der Waals surface area contributed by atoms with Crippen LogP contribution in [-0.2, 0) is 13.0 Å². The fourth-order valence-electron chi connectivity index (χ4n) is 2.48. The van der Waals surface area contributed by atoms with Crippen LogP contribution in [0.2, 0.25) is 0 Å². The van der Waals surface area contributed by atoms with Gasteiger partial charge < -0.3 is 14.8 Å². The second kappa shape index (κ2) is 11.0. The zero-order chi connectivity index (χ0) is 19.5. The molecule has 142 valence electrons. The molecule has 0 bridgehead atoms. The molecule has 0 aliphatic carbocycles. The van der Waals surface area contributed by atoms with Gasteiger partial charge in [-0.25, -0.2) is 0 Å². The summed E-state index contributed by atoms with van der Waals surface area (Å²) in [5.41, 5.74) is 5.73. The molecule has 0 radical (unpaired) electrons. The topological polar surface area (TPSA) is 54.9 Å². The van der Waals surface area contributed by atoms with Gasteiger partial charge in [-0.15, -0.1) is 6.58 Å². The number of methoxy groups -OCH3 is 1. The van der Waals surface area contributed by atoms with Gasteiger partial charge in [0, 0.05) is 12.1 Å². The van der Waals surface area contributed by atoms with Crippen LogP contribution in [0, 0.1) is 0 Å². The summed E-state index contributed by atoms with van der Waals surface area (Å²) < 4.78 is 11.6. The molecule has 27 heavy (non-hydrogen) atoms. The third-order valence-corrected chi connectivity index (χ3v) is 3.92. The quantitative estimate of drug-likeness (QED) is 0.298. The summed E-state index contributed by atoms with van der Waals surface area (Å²) in [6, 6.07) is 13.9. The van der Waals surface area contributed by atoms with Crippen molar-refractivity contribution in [2.75, 3.05) is 13.7 Å². The summed E-state index contributed by atoms with van der Waals surface area (Å²) >= 11 is 5.09. The van der Waals surface area contributed by atoms with Gasteiger partial charge in [-0.2, -0.15) is 5.10 Å². The van der Waals surface area contributed by atoms with Gasteiger partial charge in [-0.3, -0.25) is 5.43 Å². The monoisotopic (exact) mass is 383 g/mol. The first kappa shape index (κ1) is 20.5. The highest BCUT2D eigenvalue weighted by atomic mass is 32.1. The first-order valence-electron chi connectivity index (χ1n) is 8.73. The van der Waals surface area contributed by atoms with Crippen molar-refractivity contribution in [3.63, 3.8) is 0 Å². The van der Waals surface area contributed by atoms with Crippen LogP contribution in [0.5, 0.6) is 11.5 Å². The van der Waals surface area contributed by atoms with Crippen molar-refractivity contribution in [1.29, 1.82) is 0 Å². The first-order chi connectivity index (χ1) is 13.2. The normalized spacial score (nSPS) is 10.4. The molecule has 0 saturated carbocycles. The van der Waals surface area contributed by atoms with Crippen molar-refractivity contribution in [2.45, 2.75) is 20.0 Å². The Morgan fingerprint density at radius 3 is 2.70 bits per heavy atom. The molecule has 0 aliphatic rings. The SMILES string of the molecule is C=CCc1cc(/C=N\NC(=S)NCC)cc(OC)c1OCc1ccccc1. The second-order valence-corrected chi connectivity index (χ2v) is 6.12. The second-order valence-electron chi connectivity index (χ2n) is 5.71. The number of thiocarbonyl (C=S) groups is 1. The largest absolute Gasteiger partial charge is 0.493 e. The van der Waals surface area contributed by atoms with E-state index < -0.39 is 0 Å². The number of rotatable bonds is 9. The van der Waals surface area contributed by atoms with Gasteiger partial charge in [0.2, 0.25) is 0 Å². The number of hydrogen-bond acceptors (Lipinski definition) is 4. The maximum absolute atomic E-state index is 6.06. The van der Waals surface area contributed by atoms with Crippen molar-refractivity contribution in [1.82, 2.24) is 10.7 Å². The number of hydrogen-bond donors (Lipinski definition) is 2. The number of benzene rings is 2. The van der Waals surface area contributed by atoms with Gasteiger partial charge in [0.05, 0.1) is 13.3 Å². The molecule has 0 fully saturated rings. The molecule has 2 aromatic carbocycles. The molecule has 6 heteroatoms. The Labute approximate surface area is 166 Å². The van der Waals surface area contributed by atoms with Crippen LogP contribution in [-0.4, -0.2) is 25.0 Å². The van der Waals surface area contributed by atoms with Crippen LogP contribution in [0.15, 0.2) is 60.2 Å². The molecule has 0 unspecified atom stereocenters. The predicted molar refractivity (Wildman–Crippen MR) is 115 cm³/mol. The Morgan fingerprint density at radius 1 is 1.26 bits per heavy atom. The van der Waals surface area contributed by atoms with Crippen molar-refractivity contribution < 1.29 is 9.47 Å². The van der Waals surface area contributed by atoms with Crippen LogP contribution >= 0.6 is 12.2 Å². The first-order valence-corrected chi connectivity index (χ1v) is 9.14. The number of ether oxygens (including phenoxy) is 2. The minimum absolute atomic E-state index is 0.466. The Bertz CT molecular complexity index is 792. The molecule has 0 atom stereocenters. The average Bonchev–Trinajstić information content (AvgIpc) is 2.68. The summed E-state index contributed by atoms with van der Waals surface area (Å²) in [6.07, 6.45) is 4.19. The van der Waals surface area contributed by atoms with E-state index in [0.717, 1.165) is 29.0 Å². The van der Waals surface area contributed by atoms with E-state index in [1.165, 1.54) is 0 Å². The molecule has 2 N–H and O–H groups in total. The highest BCUT2D eigenvalue weighted by Gasteiger charge is 2.12. The lowest BCUT2D eigenvalue weighted by Gasteiger charge is -2.16. The maximum atomic E-state index is 6.06. The molecule has 5 nitrogen and oxygen atoms in total. The lowest BCUT2D eigenvalue weighted by atomic mass is 10.1. The fourth-order valence-corrected chi connectivity index (χ4v) is 2.67. The van der Waals surface area contributed by atoms with Gasteiger partial charge in [-0.1, -0.05) is 36.4 Å². The molecular formula is C21H25N3O2S. The van der Waals surface area contributed by atoms with E-state index >= 15 is 0 Å². The third kappa shape index (κ3) is 6.42. The number of allylic oxidation sites excluding steroid dienone is 1. The zero-order valence-corrected chi connectivity index (χ0v) is 16.5. The Morgan fingerprint density at radius 2 is 2.04 bits per heavy atom. The lowest BCUT2D eigenvalue weighted by molar-refractivity contribution is 0.282. The van der Waals surface area contributed by atoms with Gasteiger partial charge in [-0.05, 0) is 48.8 Å². The minimum Gasteiger partial charge on any atom is -0.493 e. The van der Waals surface area contributed by atoms with Gasteiger partial charge in [0.15, 0.2) is 16.6 Å². The average molecular weight is 384 g/mol. The van der Waals surface area contributed by atoms with E-state index in [4.69, 9.17) is 21.7 Å². The minimum atomic E-state index is 0.466. The number of hydrazone groups is 1. The van der Waals surface area contributed by atoms with E-state index in [2.05, 4.69) is 22.4 Å². The molecular weight excluding hydrogens is 358 g/mol. The Hall–Kier alpha value is -2.86. The highest BCUT2D eigenvalue weighted by molar-refractivity contribution is 7.80. The van der Waals surface area contributed by atoms with E-state index in [1.807, 2.05) is 55.5 Å². The number of nitrogens with zero attached hydrogens (tertiary/aromatic N) is 1. The molecule has 2 aromatic rings. The Balaban J connectivity index is 2.21. The molecule has 0 heterocycles. The molecule has 2 rings (SSSR count). The number of nitrogens with one attached hydrogen (secondary N) is 2. The molecule has 0 saturated heterocycles. The summed E-state index contributed by atoms with van der Waals surface area (Å²) in [4.78, 5) is 0. The van der Waals surface area contributed by atoms with Crippen molar-refractivity contribution >= 4 is 23.5 Å². The van der Waals surface area contributed by atoms with Crippen molar-refractivity contribution in [3.05, 3.63) is 71.8 Å². The van der Waals surface area contributed by atoms with Crippen molar-refractivity contribution in [3.8, 4) is 11.5 Å². The van der Waals surface area contributed by atoms with Crippen LogP contribution in [0.4, 0.5) is 0 Å². The standard InChI is InChI=1S/C21H25N3O2S/c1-4-9-18-12-17(14-23-24-21(27)22-5-2)13-19(25-3)20(18)26-15-16-10-7-6-8-11-16/h4,6-8,10-14H,1,5,9,15H2,2-3H3,(H2,22,24,27)/b23-14-. The van der Waals surface area contributed by atoms with E-state index in [1.54, 1.807) is 13.3 Å². The molecule has 0 spiro atoms. The van der Waals surface area contributed by atoms with E-state index in [-0.39, 0.29) is 0 Å². The van der Waals surface area contributed by atoms with Gasteiger partial charge in [0.1, 0.15) is 6.61 Å². The van der Waals surface area contributed by atoms with E-state index in [9.17, 15) is 0 Å². The van der Waals surface area contributed by atoms with E-state index in [0.29, 0.717) is 23.9 Å². The lowest BCUT2D eigenvalue weighted by Crippen LogP contribution is -2.31. The maximum Gasteiger partial charge on any atom is 0.186 e. The van der Waals surface area contributed by atoms with Gasteiger partial charge >= 0.3 is 0 Å². The van der Waals surface area contributed by atoms with Gasteiger partial charge in [0.25, 0.3) is 0 Å². The molecule has 0 aromatic heterocycles. The predicted octanol–water partition coefficient (Wildman–Crippen LogP) is 3.82. The Kier molecular flexibility index (Phi) is 8.32. The molecule has 0 aliphatic heterocycles. The third-order valence-electron chi connectivity index (χ3n) is 3.68. The highest BCUT2D eigenvalue weighted by Crippen LogP contribution is 2.33. The zero-order valence-electron chi connectivity index (χ0n) is 15.7. The van der Waals surface area contributed by atoms with Crippen LogP contribution < -0.4 is 20.2 Å². The summed E-state index contributed by atoms with van der Waals surface area (Å²) in [7, 11) is 1.63. The van der Waals surface area contributed by atoms with Crippen LogP contribution in [0.1, 0.15) is 23.6 Å². The summed E-state index contributed by atoms with van der Waals surface area (Å²) in [6.45, 7) is 7.02. The fraction of sp³-hybridized carbons (Fsp3) is 0.238. The summed E-state index contributed by atoms with van der Waals surface area (Å²) in [5, 5.41) is 7.62. The van der Waals surface area contributed by atoms with Crippen molar-refractivity contribution in [2.24, 2.45) is 5.10 Å². The molecule has 0 amide bonds. The van der Waals surface area contributed by atoms with Crippen LogP contribution in [0.25, 0.3) is 0 Å². The summed E-state index contributed by atoms with van der Waals surface area (Å²) in [5.74, 6) is 1.37. The van der Waals surface area contributed by atoms with Crippen LogP contribution in [0.3, 0.4) is 0 Å².